The molecule has 0 radical (unpaired) electrons. The lowest BCUT2D eigenvalue weighted by atomic mass is 9.73. The van der Waals surface area contributed by atoms with E-state index in [1.807, 2.05) is 6.92 Å². The second kappa shape index (κ2) is 17.8. The quantitative estimate of drug-likeness (QED) is 0.0717. The lowest BCUT2D eigenvalue weighted by Crippen LogP contribution is -2.51. The van der Waals surface area contributed by atoms with E-state index in [1.54, 1.807) is 0 Å². The maximum Gasteiger partial charge on any atom is 0.222 e. The molecule has 4 heteroatoms. The van der Waals surface area contributed by atoms with Crippen molar-refractivity contribution in [2.24, 2.45) is 22.7 Å². The van der Waals surface area contributed by atoms with Gasteiger partial charge in [0.2, 0.25) is 11.4 Å². The summed E-state index contributed by atoms with van der Waals surface area (Å²) < 4.78 is 11.9. The Kier molecular flexibility index (Phi) is 12.9. The van der Waals surface area contributed by atoms with Crippen molar-refractivity contribution in [3.63, 3.8) is 0 Å². The first kappa shape index (κ1) is 43.5. The second-order valence-electron chi connectivity index (χ2n) is 19.7. The fraction of sp³-hybridized carbons (Fsp3) is 0.482. The van der Waals surface area contributed by atoms with Crippen LogP contribution in [0.3, 0.4) is 0 Å². The lowest BCUT2D eigenvalue weighted by molar-refractivity contribution is -0.720. The van der Waals surface area contributed by atoms with Crippen LogP contribution in [-0.2, 0) is 4.74 Å². The van der Waals surface area contributed by atoms with Crippen LogP contribution in [0.2, 0.25) is 0 Å². The van der Waals surface area contributed by atoms with E-state index in [0.29, 0.717) is 47.8 Å². The number of benzene rings is 2. The minimum Gasteiger partial charge on any atom is -0.443 e. The number of allylic oxidation sites excluding steroid dienone is 3. The topological polar surface area (TPSA) is 29.3 Å². The van der Waals surface area contributed by atoms with Crippen LogP contribution in [-0.4, -0.2) is 12.4 Å². The summed E-state index contributed by atoms with van der Waals surface area (Å²) >= 11 is 0. The summed E-state index contributed by atoms with van der Waals surface area (Å²) in [4.78, 5) is 5.07. The van der Waals surface area contributed by atoms with Crippen LogP contribution in [0.5, 0.6) is 0 Å². The highest BCUT2D eigenvalue weighted by atomic mass is 16.5. The summed E-state index contributed by atoms with van der Waals surface area (Å²) in [6.45, 7) is 38.0. The predicted octanol–water partition coefficient (Wildman–Crippen LogP) is 14.0. The molecule has 4 nitrogen and oxygen atoms in total. The van der Waals surface area contributed by atoms with E-state index in [-0.39, 0.29) is 17.9 Å². The number of pyridine rings is 2. The van der Waals surface area contributed by atoms with E-state index >= 15 is 0 Å². The molecule has 2 aromatic carbocycles. The molecule has 7 rings (SSSR count). The van der Waals surface area contributed by atoms with Crippen molar-refractivity contribution in [1.82, 2.24) is 0 Å². The summed E-state index contributed by atoms with van der Waals surface area (Å²) in [6.07, 6.45) is 11.5. The van der Waals surface area contributed by atoms with Gasteiger partial charge in [-0.25, -0.2) is 0 Å². The molecule has 1 aliphatic carbocycles. The van der Waals surface area contributed by atoms with Crippen LogP contribution in [0.4, 0.5) is 0 Å². The number of hydrogen-bond donors (Lipinski definition) is 0. The predicted molar refractivity (Wildman–Crippen MR) is 252 cm³/mol. The first-order chi connectivity index (χ1) is 28.6. The summed E-state index contributed by atoms with van der Waals surface area (Å²) in [5.41, 5.74) is 18.2. The van der Waals surface area contributed by atoms with Gasteiger partial charge < -0.3 is 4.74 Å². The Morgan fingerprint density at radius 3 is 2.23 bits per heavy atom. The number of aryl methyl sites for hydroxylation is 4. The van der Waals surface area contributed by atoms with Gasteiger partial charge in [0.15, 0.2) is 30.0 Å². The average Bonchev–Trinajstić information content (AvgIpc) is 3.25. The number of nitrogens with zero attached hydrogens (tertiary/aromatic N) is 3. The summed E-state index contributed by atoms with van der Waals surface area (Å²) in [7, 11) is 0. The Labute approximate surface area is 363 Å². The first-order valence-electron chi connectivity index (χ1n) is 23.2. The Balaban J connectivity index is 1.39. The second-order valence-corrected chi connectivity index (χ2v) is 19.7. The Bertz CT molecular complexity index is 2350. The van der Waals surface area contributed by atoms with Gasteiger partial charge in [0, 0.05) is 49.1 Å². The number of ether oxygens (including phenoxy) is 1. The molecular formula is C56H73N3O+2. The van der Waals surface area contributed by atoms with Gasteiger partial charge in [0.05, 0.1) is 11.1 Å². The van der Waals surface area contributed by atoms with E-state index < -0.39 is 0 Å². The molecule has 0 bridgehead atoms. The molecule has 0 N–H and O–H groups in total. The van der Waals surface area contributed by atoms with Crippen molar-refractivity contribution < 1.29 is 13.9 Å². The molecule has 2 aromatic heterocycles. The lowest BCUT2D eigenvalue weighted by Gasteiger charge is -2.33. The molecule has 4 heterocycles. The van der Waals surface area contributed by atoms with Gasteiger partial charge in [-0.3, -0.25) is 4.99 Å². The minimum absolute atomic E-state index is 0.0777. The number of rotatable bonds is 9. The van der Waals surface area contributed by atoms with E-state index in [4.69, 9.17) is 22.9 Å². The molecule has 0 amide bonds. The van der Waals surface area contributed by atoms with Crippen molar-refractivity contribution in [2.75, 3.05) is 6.54 Å². The van der Waals surface area contributed by atoms with Gasteiger partial charge in [-0.05, 0) is 135 Å². The Hall–Kier alpha value is -4.57. The van der Waals surface area contributed by atoms with Gasteiger partial charge in [-0.2, -0.15) is 9.13 Å². The zero-order valence-corrected chi connectivity index (χ0v) is 39.1. The van der Waals surface area contributed by atoms with Crippen LogP contribution < -0.4 is 9.13 Å². The molecule has 3 aliphatic rings. The number of aromatic nitrogens is 2. The maximum atomic E-state index is 6.87. The molecule has 6 atom stereocenters. The maximum absolute atomic E-state index is 6.87. The van der Waals surface area contributed by atoms with Crippen molar-refractivity contribution in [3.8, 4) is 11.3 Å². The Morgan fingerprint density at radius 2 is 1.53 bits per heavy atom. The highest BCUT2D eigenvalue weighted by molar-refractivity contribution is 5.83. The van der Waals surface area contributed by atoms with Crippen LogP contribution in [0.1, 0.15) is 174 Å². The van der Waals surface area contributed by atoms with Gasteiger partial charge in [-0.15, -0.1) is 0 Å². The van der Waals surface area contributed by atoms with Crippen LogP contribution in [0.15, 0.2) is 96.5 Å². The smallest absolute Gasteiger partial charge is 0.222 e. The third kappa shape index (κ3) is 8.63. The monoisotopic (exact) mass is 804 g/mol. The van der Waals surface area contributed by atoms with Gasteiger partial charge in [0.1, 0.15) is 11.7 Å². The van der Waals surface area contributed by atoms with Gasteiger partial charge >= 0.3 is 0 Å². The van der Waals surface area contributed by atoms with E-state index in [0.717, 1.165) is 36.2 Å². The van der Waals surface area contributed by atoms with Crippen molar-refractivity contribution in [1.29, 1.82) is 0 Å². The zero-order valence-electron chi connectivity index (χ0n) is 39.1. The van der Waals surface area contributed by atoms with Crippen LogP contribution in [0, 0.1) is 45.4 Å². The van der Waals surface area contributed by atoms with Gasteiger partial charge in [-0.1, -0.05) is 97.0 Å². The molecule has 1 fully saturated rings. The third-order valence-electron chi connectivity index (χ3n) is 14.5. The standard InChI is InChI=1S/C56H73N3O/c1-15-37(7)48-21-22-52-55(51-26-34(4)19-20-49(51)53-27-38(8)40(10)31-59(52)53)42(12)58-32-41(11)50(47-24-35(5)23-36(6)25-47)29-54(58)56(48)43(13)60-44(14)57-30-39(9)46-18-16-17-45(28-46)33(2)3/h16-20,26-29,31-33,35-37,39,47,52,55H,12-13,15,21-25,30H2,1-11,14H3/q+2/b56-48+,57-44?. The molecule has 0 spiro atoms. The van der Waals surface area contributed by atoms with Crippen molar-refractivity contribution in [2.45, 2.75) is 151 Å². The fourth-order valence-electron chi connectivity index (χ4n) is 10.9. The minimum atomic E-state index is 0.0777. The van der Waals surface area contributed by atoms with Crippen LogP contribution >= 0.6 is 0 Å². The van der Waals surface area contributed by atoms with Crippen LogP contribution in [0.25, 0.3) is 22.5 Å². The molecular weight excluding hydrogens is 731 g/mol. The fourth-order valence-corrected chi connectivity index (χ4v) is 10.9. The molecule has 0 saturated heterocycles. The summed E-state index contributed by atoms with van der Waals surface area (Å²) in [5.74, 6) is 4.42. The number of hydrogen-bond acceptors (Lipinski definition) is 2. The van der Waals surface area contributed by atoms with Crippen molar-refractivity contribution >= 4 is 17.2 Å². The molecule has 1 saturated carbocycles. The SMILES string of the molecule is C=C(OC(C)=NCC(C)c1cccc(C(C)C)c1)/C1=C(\C(C)CC)CCC2C(C(=C)[n+]3cc(C)c(C4CC(C)CC(C)C4)cc31)c1cc(C)ccc1-c1cc(C)c(C)c[n+]12. The molecule has 60 heavy (non-hydrogen) atoms. The molecule has 2 aliphatic heterocycles. The molecule has 4 aromatic rings. The van der Waals surface area contributed by atoms with E-state index in [9.17, 15) is 0 Å². The molecule has 6 unspecified atom stereocenters. The summed E-state index contributed by atoms with van der Waals surface area (Å²) in [6, 6.07) is 21.2. The molecule has 316 valence electrons. The third-order valence-corrected chi connectivity index (χ3v) is 14.5. The average molecular weight is 804 g/mol. The number of fused-ring (bicyclic) bond motifs is 7. The summed E-state index contributed by atoms with van der Waals surface area (Å²) in [5, 5.41) is 0. The van der Waals surface area contributed by atoms with Gasteiger partial charge in [0.25, 0.3) is 0 Å². The largest absolute Gasteiger partial charge is 0.443 e. The van der Waals surface area contributed by atoms with E-state index in [1.165, 1.54) is 80.6 Å². The highest BCUT2D eigenvalue weighted by Crippen LogP contribution is 2.48. The normalized spacial score (nSPS) is 24.0. The first-order valence-corrected chi connectivity index (χ1v) is 23.2. The highest BCUT2D eigenvalue weighted by Gasteiger charge is 2.47. The Morgan fingerprint density at radius 1 is 0.817 bits per heavy atom. The van der Waals surface area contributed by atoms with Crippen molar-refractivity contribution in [3.05, 3.63) is 142 Å². The van der Waals surface area contributed by atoms with E-state index in [2.05, 4.69) is 152 Å². The zero-order chi connectivity index (χ0) is 43.2. The number of aliphatic imine (C=N–C) groups is 1.